The van der Waals surface area contributed by atoms with E-state index < -0.39 is 0 Å². The van der Waals surface area contributed by atoms with Crippen LogP contribution in [0.3, 0.4) is 0 Å². The first-order chi connectivity index (χ1) is 9.70. The second kappa shape index (κ2) is 5.75. The van der Waals surface area contributed by atoms with E-state index in [1.165, 1.54) is 17.5 Å². The molecule has 0 saturated heterocycles. The lowest BCUT2D eigenvalue weighted by Crippen LogP contribution is -2.23. The average Bonchev–Trinajstić information content (AvgIpc) is 3.26. The SMILES string of the molecule is O=c1cc(NCC2CC2)cnn1Cc1ccc(Br)cn1. The quantitative estimate of drug-likeness (QED) is 0.911. The van der Waals surface area contributed by atoms with Crippen LogP contribution in [-0.4, -0.2) is 21.3 Å². The van der Waals surface area contributed by atoms with E-state index in [9.17, 15) is 4.79 Å². The standard InChI is InChI=1S/C14H15BrN4O/c15-11-3-4-12(17-7-11)9-19-14(20)5-13(8-18-19)16-6-10-1-2-10/h3-5,7-8,10,16H,1-2,6,9H2. The van der Waals surface area contributed by atoms with Crippen LogP contribution in [0.15, 0.2) is 39.9 Å². The first kappa shape index (κ1) is 13.3. The molecule has 0 aliphatic heterocycles. The van der Waals surface area contributed by atoms with Crippen molar-refractivity contribution in [1.29, 1.82) is 0 Å². The summed E-state index contributed by atoms with van der Waals surface area (Å²) in [6.45, 7) is 1.31. The number of halogens is 1. The van der Waals surface area contributed by atoms with Crippen LogP contribution in [-0.2, 0) is 6.54 Å². The summed E-state index contributed by atoms with van der Waals surface area (Å²) in [5.41, 5.74) is 1.49. The molecule has 0 unspecified atom stereocenters. The molecule has 1 aliphatic carbocycles. The van der Waals surface area contributed by atoms with Gasteiger partial charge in [0.15, 0.2) is 0 Å². The van der Waals surface area contributed by atoms with Gasteiger partial charge in [0.1, 0.15) is 0 Å². The molecule has 3 rings (SSSR count). The van der Waals surface area contributed by atoms with Gasteiger partial charge in [-0.25, -0.2) is 4.68 Å². The van der Waals surface area contributed by atoms with Crippen LogP contribution in [0.4, 0.5) is 5.69 Å². The molecule has 2 aromatic heterocycles. The highest BCUT2D eigenvalue weighted by Crippen LogP contribution is 2.28. The largest absolute Gasteiger partial charge is 0.383 e. The highest BCUT2D eigenvalue weighted by atomic mass is 79.9. The van der Waals surface area contributed by atoms with Gasteiger partial charge in [-0.2, -0.15) is 5.10 Å². The lowest BCUT2D eigenvalue weighted by molar-refractivity contribution is 0.628. The normalized spacial score (nSPS) is 14.2. The minimum absolute atomic E-state index is 0.115. The van der Waals surface area contributed by atoms with E-state index in [0.29, 0.717) is 6.54 Å². The summed E-state index contributed by atoms with van der Waals surface area (Å²) < 4.78 is 2.33. The molecule has 2 aromatic rings. The van der Waals surface area contributed by atoms with E-state index in [1.807, 2.05) is 12.1 Å². The zero-order valence-corrected chi connectivity index (χ0v) is 12.5. The fraction of sp³-hybridized carbons (Fsp3) is 0.357. The van der Waals surface area contributed by atoms with Gasteiger partial charge in [-0.3, -0.25) is 9.78 Å². The second-order valence-electron chi connectivity index (χ2n) is 5.03. The van der Waals surface area contributed by atoms with E-state index in [0.717, 1.165) is 28.3 Å². The van der Waals surface area contributed by atoms with Crippen LogP contribution in [0.1, 0.15) is 18.5 Å². The predicted octanol–water partition coefficient (Wildman–Crippen LogP) is 2.27. The van der Waals surface area contributed by atoms with Crippen LogP contribution in [0.2, 0.25) is 0 Å². The van der Waals surface area contributed by atoms with Crippen LogP contribution in [0, 0.1) is 5.92 Å². The number of nitrogens with zero attached hydrogens (tertiary/aromatic N) is 3. The van der Waals surface area contributed by atoms with Gasteiger partial charge < -0.3 is 5.32 Å². The Morgan fingerprint density at radius 2 is 2.20 bits per heavy atom. The van der Waals surface area contributed by atoms with Crippen molar-refractivity contribution >= 4 is 21.6 Å². The minimum atomic E-state index is -0.115. The molecular formula is C14H15BrN4O. The fourth-order valence-corrected chi connectivity index (χ4v) is 2.12. The Balaban J connectivity index is 1.69. The van der Waals surface area contributed by atoms with Gasteiger partial charge in [0.25, 0.3) is 5.56 Å². The predicted molar refractivity (Wildman–Crippen MR) is 80.7 cm³/mol. The van der Waals surface area contributed by atoms with Crippen LogP contribution < -0.4 is 10.9 Å². The van der Waals surface area contributed by atoms with Gasteiger partial charge in [-0.15, -0.1) is 0 Å². The number of hydrogen-bond donors (Lipinski definition) is 1. The summed E-state index contributed by atoms with van der Waals surface area (Å²) in [6, 6.07) is 5.37. The summed E-state index contributed by atoms with van der Waals surface area (Å²) in [6.07, 6.45) is 5.98. The first-order valence-corrected chi connectivity index (χ1v) is 7.41. The molecule has 20 heavy (non-hydrogen) atoms. The molecule has 6 heteroatoms. The molecule has 2 heterocycles. The van der Waals surface area contributed by atoms with E-state index in [1.54, 1.807) is 18.5 Å². The van der Waals surface area contributed by atoms with Crippen LogP contribution in [0.5, 0.6) is 0 Å². The summed E-state index contributed by atoms with van der Waals surface area (Å²) in [4.78, 5) is 16.2. The number of nitrogens with one attached hydrogen (secondary N) is 1. The van der Waals surface area contributed by atoms with Gasteiger partial charge >= 0.3 is 0 Å². The first-order valence-electron chi connectivity index (χ1n) is 6.62. The minimum Gasteiger partial charge on any atom is -0.383 e. The van der Waals surface area contributed by atoms with Crippen molar-refractivity contribution in [3.63, 3.8) is 0 Å². The molecule has 5 nitrogen and oxygen atoms in total. The number of rotatable bonds is 5. The van der Waals surface area contributed by atoms with Gasteiger partial charge in [0, 0.05) is 23.3 Å². The van der Waals surface area contributed by atoms with Gasteiger partial charge in [0.2, 0.25) is 0 Å². The molecular weight excluding hydrogens is 320 g/mol. The number of anilines is 1. The molecule has 0 aromatic carbocycles. The topological polar surface area (TPSA) is 59.8 Å². The summed E-state index contributed by atoms with van der Waals surface area (Å²) in [7, 11) is 0. The molecule has 1 saturated carbocycles. The second-order valence-corrected chi connectivity index (χ2v) is 5.95. The van der Waals surface area contributed by atoms with Crippen molar-refractivity contribution in [3.05, 3.63) is 51.1 Å². The Hall–Kier alpha value is -1.69. The Morgan fingerprint density at radius 3 is 2.85 bits per heavy atom. The van der Waals surface area contributed by atoms with Crippen LogP contribution >= 0.6 is 15.9 Å². The summed E-state index contributed by atoms with van der Waals surface area (Å²) >= 11 is 3.33. The Morgan fingerprint density at radius 1 is 1.35 bits per heavy atom. The molecule has 0 atom stereocenters. The lowest BCUT2D eigenvalue weighted by atomic mass is 10.3. The zero-order chi connectivity index (χ0) is 13.9. The van der Waals surface area contributed by atoms with Crippen molar-refractivity contribution < 1.29 is 0 Å². The maximum atomic E-state index is 12.0. The van der Waals surface area contributed by atoms with E-state index >= 15 is 0 Å². The third kappa shape index (κ3) is 3.45. The van der Waals surface area contributed by atoms with E-state index in [4.69, 9.17) is 0 Å². The maximum Gasteiger partial charge on any atom is 0.269 e. The third-order valence-corrected chi connectivity index (χ3v) is 3.73. The molecule has 0 bridgehead atoms. The van der Waals surface area contributed by atoms with E-state index in [-0.39, 0.29) is 5.56 Å². The van der Waals surface area contributed by atoms with E-state index in [2.05, 4.69) is 31.3 Å². The molecule has 0 amide bonds. The number of aromatic nitrogens is 3. The third-order valence-electron chi connectivity index (χ3n) is 3.26. The number of pyridine rings is 1. The lowest BCUT2D eigenvalue weighted by Gasteiger charge is -2.07. The zero-order valence-electron chi connectivity index (χ0n) is 10.9. The molecule has 104 valence electrons. The monoisotopic (exact) mass is 334 g/mol. The Labute approximate surface area is 125 Å². The Bertz CT molecular complexity index is 649. The highest BCUT2D eigenvalue weighted by molar-refractivity contribution is 9.10. The van der Waals surface area contributed by atoms with Gasteiger partial charge in [-0.05, 0) is 46.8 Å². The van der Waals surface area contributed by atoms with Crippen molar-refractivity contribution in [2.45, 2.75) is 19.4 Å². The van der Waals surface area contributed by atoms with Crippen LogP contribution in [0.25, 0.3) is 0 Å². The summed E-state index contributed by atoms with van der Waals surface area (Å²) in [5.74, 6) is 0.768. The Kier molecular flexibility index (Phi) is 3.82. The van der Waals surface area contributed by atoms with Crippen molar-refractivity contribution in [1.82, 2.24) is 14.8 Å². The maximum absolute atomic E-state index is 12.0. The number of hydrogen-bond acceptors (Lipinski definition) is 4. The molecule has 0 spiro atoms. The van der Waals surface area contributed by atoms with Crippen molar-refractivity contribution in [3.8, 4) is 0 Å². The molecule has 1 fully saturated rings. The molecule has 1 aliphatic rings. The van der Waals surface area contributed by atoms with Crippen molar-refractivity contribution in [2.75, 3.05) is 11.9 Å². The van der Waals surface area contributed by atoms with Gasteiger partial charge in [-0.1, -0.05) is 0 Å². The van der Waals surface area contributed by atoms with Crippen molar-refractivity contribution in [2.24, 2.45) is 5.92 Å². The van der Waals surface area contributed by atoms with Gasteiger partial charge in [0.05, 0.1) is 24.1 Å². The fourth-order valence-electron chi connectivity index (χ4n) is 1.89. The molecule has 1 N–H and O–H groups in total. The average molecular weight is 335 g/mol. The highest BCUT2D eigenvalue weighted by Gasteiger charge is 2.20. The molecule has 0 radical (unpaired) electrons. The smallest absolute Gasteiger partial charge is 0.269 e. The summed E-state index contributed by atoms with van der Waals surface area (Å²) in [5, 5.41) is 7.43.